The van der Waals surface area contributed by atoms with Gasteiger partial charge in [-0.05, 0) is 72.2 Å². The molecule has 4 nitrogen and oxygen atoms in total. The summed E-state index contributed by atoms with van der Waals surface area (Å²) in [6, 6.07) is 23.8. The summed E-state index contributed by atoms with van der Waals surface area (Å²) in [6.45, 7) is 0. The molecule has 0 spiro atoms. The first-order valence-electron chi connectivity index (χ1n) is 10.0. The molecule has 0 aliphatic carbocycles. The molecule has 4 heteroatoms. The molecule has 30 heavy (non-hydrogen) atoms. The van der Waals surface area contributed by atoms with Gasteiger partial charge in [-0.1, -0.05) is 48.5 Å². The Labute approximate surface area is 177 Å². The van der Waals surface area contributed by atoms with E-state index in [-0.39, 0.29) is 11.9 Å². The number of carbonyl (C=O) groups excluding carboxylic acids is 2. The van der Waals surface area contributed by atoms with Gasteiger partial charge in [0.05, 0.1) is 25.3 Å². The van der Waals surface area contributed by atoms with E-state index in [2.05, 4.69) is 24.3 Å². The van der Waals surface area contributed by atoms with Crippen LogP contribution < -0.4 is 0 Å². The number of methoxy groups -OCH3 is 2. The van der Waals surface area contributed by atoms with Crippen molar-refractivity contribution in [3.63, 3.8) is 0 Å². The highest BCUT2D eigenvalue weighted by molar-refractivity contribution is 5.89. The summed E-state index contributed by atoms with van der Waals surface area (Å²) in [4.78, 5) is 23.0. The molecule has 0 radical (unpaired) electrons. The van der Waals surface area contributed by atoms with E-state index in [0.717, 1.165) is 25.7 Å². The topological polar surface area (TPSA) is 52.6 Å². The molecule has 0 saturated heterocycles. The third-order valence-corrected chi connectivity index (χ3v) is 5.15. The lowest BCUT2D eigenvalue weighted by atomic mass is 9.98. The Morgan fingerprint density at radius 1 is 0.567 bits per heavy atom. The van der Waals surface area contributed by atoms with Gasteiger partial charge in [0.15, 0.2) is 0 Å². The zero-order valence-corrected chi connectivity index (χ0v) is 17.4. The molecule has 0 fully saturated rings. The van der Waals surface area contributed by atoms with Crippen molar-refractivity contribution in [1.82, 2.24) is 0 Å². The van der Waals surface area contributed by atoms with E-state index in [4.69, 9.17) is 9.47 Å². The van der Waals surface area contributed by atoms with Gasteiger partial charge in [-0.25, -0.2) is 9.59 Å². The second kappa shape index (κ2) is 10.4. The first-order valence-corrected chi connectivity index (χ1v) is 10.0. The lowest BCUT2D eigenvalue weighted by molar-refractivity contribution is 0.0592. The predicted octanol–water partition coefficient (Wildman–Crippen LogP) is 4.83. The average molecular weight is 402 g/mol. The first kappa shape index (κ1) is 21.3. The van der Waals surface area contributed by atoms with Crippen molar-refractivity contribution >= 4 is 11.9 Å². The van der Waals surface area contributed by atoms with Crippen LogP contribution in [0.2, 0.25) is 0 Å². The number of rotatable bonds is 8. The Morgan fingerprint density at radius 3 is 1.30 bits per heavy atom. The molecule has 0 unspecified atom stereocenters. The maximum atomic E-state index is 11.5. The summed E-state index contributed by atoms with van der Waals surface area (Å²) in [5.74, 6) is -0.622. The van der Waals surface area contributed by atoms with Crippen molar-refractivity contribution in [3.05, 3.63) is 106 Å². The van der Waals surface area contributed by atoms with Crippen molar-refractivity contribution in [2.24, 2.45) is 0 Å². The maximum Gasteiger partial charge on any atom is 0.337 e. The summed E-state index contributed by atoms with van der Waals surface area (Å²) in [6.07, 6.45) is 3.72. The number of hydrogen-bond acceptors (Lipinski definition) is 4. The molecule has 0 atom stereocenters. The molecule has 3 aromatic rings. The number of aryl methyl sites for hydroxylation is 4. The van der Waals surface area contributed by atoms with Crippen LogP contribution in [0.3, 0.4) is 0 Å². The fourth-order valence-electron chi connectivity index (χ4n) is 3.37. The molecule has 3 rings (SSSR count). The second-order valence-corrected chi connectivity index (χ2v) is 7.20. The molecule has 0 N–H and O–H groups in total. The van der Waals surface area contributed by atoms with Crippen LogP contribution in [0.15, 0.2) is 72.8 Å². The highest BCUT2D eigenvalue weighted by Crippen LogP contribution is 2.14. The van der Waals surface area contributed by atoms with E-state index < -0.39 is 0 Å². The summed E-state index contributed by atoms with van der Waals surface area (Å²) >= 11 is 0. The first-order chi connectivity index (χ1) is 14.6. The molecule has 0 aliphatic heterocycles. The van der Waals surface area contributed by atoms with Gasteiger partial charge in [0.25, 0.3) is 0 Å². The zero-order chi connectivity index (χ0) is 21.3. The van der Waals surface area contributed by atoms with Crippen molar-refractivity contribution in [1.29, 1.82) is 0 Å². The predicted molar refractivity (Wildman–Crippen MR) is 117 cm³/mol. The van der Waals surface area contributed by atoms with E-state index >= 15 is 0 Å². The number of benzene rings is 3. The fraction of sp³-hybridized carbons (Fsp3) is 0.231. The summed E-state index contributed by atoms with van der Waals surface area (Å²) in [5, 5.41) is 0. The standard InChI is InChI=1S/C26H26O4/c1-29-25(27)23-14-10-19(11-15-23)6-8-21-4-3-5-22(18-21)9-7-20-12-16-24(17-13-20)26(28)30-2/h3-5,10-18H,6-9H2,1-2H3. The van der Waals surface area contributed by atoms with Crippen LogP contribution in [0.25, 0.3) is 0 Å². The normalized spacial score (nSPS) is 10.5. The van der Waals surface area contributed by atoms with Gasteiger partial charge in [-0.2, -0.15) is 0 Å². The van der Waals surface area contributed by atoms with Gasteiger partial charge in [0.1, 0.15) is 0 Å². The Balaban J connectivity index is 1.54. The SMILES string of the molecule is COC(=O)c1ccc(CCc2cccc(CCc3ccc(C(=O)OC)cc3)c2)cc1. The third kappa shape index (κ3) is 5.80. The van der Waals surface area contributed by atoms with Crippen LogP contribution in [0.5, 0.6) is 0 Å². The van der Waals surface area contributed by atoms with Crippen molar-refractivity contribution in [2.45, 2.75) is 25.7 Å². The molecule has 0 bridgehead atoms. The van der Waals surface area contributed by atoms with Crippen LogP contribution in [0.1, 0.15) is 43.0 Å². The summed E-state index contributed by atoms with van der Waals surface area (Å²) in [5.41, 5.74) is 6.12. The van der Waals surface area contributed by atoms with Gasteiger partial charge in [-0.15, -0.1) is 0 Å². The number of carbonyl (C=O) groups is 2. The molecule has 3 aromatic carbocycles. The van der Waals surface area contributed by atoms with E-state index in [0.29, 0.717) is 11.1 Å². The van der Waals surface area contributed by atoms with Crippen LogP contribution in [0, 0.1) is 0 Å². The molecule has 0 aromatic heterocycles. The second-order valence-electron chi connectivity index (χ2n) is 7.20. The highest BCUT2D eigenvalue weighted by Gasteiger charge is 2.06. The maximum absolute atomic E-state index is 11.5. The smallest absolute Gasteiger partial charge is 0.337 e. The monoisotopic (exact) mass is 402 g/mol. The van der Waals surface area contributed by atoms with Gasteiger partial charge < -0.3 is 9.47 Å². The Hall–Kier alpha value is -3.40. The zero-order valence-electron chi connectivity index (χ0n) is 17.4. The number of ether oxygens (including phenoxy) is 2. The van der Waals surface area contributed by atoms with Crippen LogP contribution in [-0.4, -0.2) is 26.2 Å². The molecule has 0 heterocycles. The van der Waals surface area contributed by atoms with E-state index in [1.807, 2.05) is 48.5 Å². The lowest BCUT2D eigenvalue weighted by Crippen LogP contribution is -2.01. The molecular formula is C26H26O4. The average Bonchev–Trinajstić information content (AvgIpc) is 2.81. The fourth-order valence-corrected chi connectivity index (χ4v) is 3.37. The van der Waals surface area contributed by atoms with E-state index in [1.165, 1.54) is 36.5 Å². The quantitative estimate of drug-likeness (QED) is 0.507. The molecule has 0 aliphatic rings. The summed E-state index contributed by atoms with van der Waals surface area (Å²) in [7, 11) is 2.78. The van der Waals surface area contributed by atoms with Gasteiger partial charge >= 0.3 is 11.9 Å². The molecule has 0 amide bonds. The minimum Gasteiger partial charge on any atom is -0.465 e. The highest BCUT2D eigenvalue weighted by atomic mass is 16.5. The lowest BCUT2D eigenvalue weighted by Gasteiger charge is -2.07. The Kier molecular flexibility index (Phi) is 7.39. The number of esters is 2. The van der Waals surface area contributed by atoms with Crippen molar-refractivity contribution in [3.8, 4) is 0 Å². The van der Waals surface area contributed by atoms with E-state index in [9.17, 15) is 9.59 Å². The molecular weight excluding hydrogens is 376 g/mol. The van der Waals surface area contributed by atoms with Crippen LogP contribution in [0.4, 0.5) is 0 Å². The Bertz CT molecular complexity index is 910. The van der Waals surface area contributed by atoms with Crippen molar-refractivity contribution in [2.75, 3.05) is 14.2 Å². The Morgan fingerprint density at radius 2 is 0.933 bits per heavy atom. The molecule has 154 valence electrons. The van der Waals surface area contributed by atoms with Gasteiger partial charge in [0.2, 0.25) is 0 Å². The van der Waals surface area contributed by atoms with Gasteiger partial charge in [0, 0.05) is 0 Å². The minimum absolute atomic E-state index is 0.311. The number of hydrogen-bond donors (Lipinski definition) is 0. The summed E-state index contributed by atoms with van der Waals surface area (Å²) < 4.78 is 9.47. The van der Waals surface area contributed by atoms with Crippen molar-refractivity contribution < 1.29 is 19.1 Å². The van der Waals surface area contributed by atoms with Crippen LogP contribution in [-0.2, 0) is 35.2 Å². The third-order valence-electron chi connectivity index (χ3n) is 5.15. The van der Waals surface area contributed by atoms with E-state index in [1.54, 1.807) is 0 Å². The largest absolute Gasteiger partial charge is 0.465 e. The minimum atomic E-state index is -0.311. The molecule has 0 saturated carbocycles. The van der Waals surface area contributed by atoms with Crippen LogP contribution >= 0.6 is 0 Å². The van der Waals surface area contributed by atoms with Gasteiger partial charge in [-0.3, -0.25) is 0 Å².